The number of hydrogen-bond donors (Lipinski definition) is 3. The van der Waals surface area contributed by atoms with Crippen molar-refractivity contribution < 1.29 is 18.6 Å². The number of furan rings is 1. The molecule has 0 fully saturated rings. The molecule has 5 rings (SSSR count). The first kappa shape index (κ1) is 22.6. The number of aryl methyl sites for hydroxylation is 1. The van der Waals surface area contributed by atoms with Crippen molar-refractivity contribution in [1.82, 2.24) is 5.32 Å². The maximum Gasteiger partial charge on any atom is 0.261 e. The van der Waals surface area contributed by atoms with Gasteiger partial charge in [-0.05, 0) is 30.2 Å². The standard InChI is InChI=1S/C28H26N4O3/c1-32-23-13-7-5-11-20(23)25(27-26(32)21-12-6-8-14-24(21)35-27)30-16-19(33)17-31-28(34)22(29)15-18-9-3-2-4-10-18/h2-14,22H,15-17,29H2,1H3,(H,31,34)/p+1/t22-/m0/s1. The molecule has 0 aliphatic carbocycles. The fourth-order valence-electron chi connectivity index (χ4n) is 4.46. The summed E-state index contributed by atoms with van der Waals surface area (Å²) in [6.07, 6.45) is 0.413. The molecule has 4 N–H and O–H groups in total. The van der Waals surface area contributed by atoms with E-state index in [2.05, 4.69) is 15.2 Å². The molecular formula is C28H27N4O3+. The molecule has 1 amide bonds. The summed E-state index contributed by atoms with van der Waals surface area (Å²) >= 11 is 0. The number of aromatic nitrogens is 1. The molecule has 0 saturated heterocycles. The summed E-state index contributed by atoms with van der Waals surface area (Å²) < 4.78 is 8.32. The van der Waals surface area contributed by atoms with Crippen LogP contribution in [0.2, 0.25) is 0 Å². The summed E-state index contributed by atoms with van der Waals surface area (Å²) in [5, 5.41) is 7.89. The van der Waals surface area contributed by atoms with Gasteiger partial charge in [-0.15, -0.1) is 0 Å². The van der Waals surface area contributed by atoms with Gasteiger partial charge in [0.1, 0.15) is 12.6 Å². The first-order valence-electron chi connectivity index (χ1n) is 11.6. The Morgan fingerprint density at radius 3 is 2.40 bits per heavy atom. The molecule has 0 spiro atoms. The second-order valence-corrected chi connectivity index (χ2v) is 8.63. The van der Waals surface area contributed by atoms with E-state index in [9.17, 15) is 9.59 Å². The Labute approximate surface area is 202 Å². The van der Waals surface area contributed by atoms with Gasteiger partial charge in [-0.3, -0.25) is 9.59 Å². The van der Waals surface area contributed by atoms with E-state index in [-0.39, 0.29) is 24.8 Å². The number of nitrogens with zero attached hydrogens (tertiary/aromatic N) is 1. The van der Waals surface area contributed by atoms with Crippen molar-refractivity contribution in [2.75, 3.05) is 18.4 Å². The number of rotatable bonds is 8. The lowest BCUT2D eigenvalue weighted by molar-refractivity contribution is -0.616. The molecule has 0 saturated carbocycles. The summed E-state index contributed by atoms with van der Waals surface area (Å²) in [5.74, 6) is -0.508. The van der Waals surface area contributed by atoms with E-state index in [1.54, 1.807) is 0 Å². The lowest BCUT2D eigenvalue weighted by atomic mass is 10.1. The van der Waals surface area contributed by atoms with E-state index >= 15 is 0 Å². The van der Waals surface area contributed by atoms with Crippen LogP contribution in [-0.2, 0) is 23.1 Å². The van der Waals surface area contributed by atoms with Crippen LogP contribution in [0, 0.1) is 0 Å². The normalized spacial score (nSPS) is 12.2. The number of benzene rings is 3. The number of pyridine rings is 1. The summed E-state index contributed by atoms with van der Waals surface area (Å²) in [5.41, 5.74) is 11.2. The maximum atomic E-state index is 12.7. The minimum absolute atomic E-state index is 0.0398. The van der Waals surface area contributed by atoms with E-state index in [1.165, 1.54) is 0 Å². The molecule has 7 heteroatoms. The fourth-order valence-corrected chi connectivity index (χ4v) is 4.46. The number of carbonyl (C=O) groups is 2. The van der Waals surface area contributed by atoms with Crippen molar-refractivity contribution in [3.05, 3.63) is 84.4 Å². The SMILES string of the molecule is C[n+]1c2ccccc2c(NCC(=O)CNC(=O)[C@@H](N)Cc2ccccc2)c2oc3ccccc3c21. The number of nitrogens with two attached hydrogens (primary N) is 1. The molecule has 0 unspecified atom stereocenters. The van der Waals surface area contributed by atoms with Crippen LogP contribution >= 0.6 is 0 Å². The van der Waals surface area contributed by atoms with Gasteiger partial charge >= 0.3 is 0 Å². The monoisotopic (exact) mass is 467 g/mol. The Morgan fingerprint density at radius 2 is 1.60 bits per heavy atom. The zero-order valence-corrected chi connectivity index (χ0v) is 19.5. The summed E-state index contributed by atoms with van der Waals surface area (Å²) in [4.78, 5) is 25.0. The molecule has 35 heavy (non-hydrogen) atoms. The van der Waals surface area contributed by atoms with Crippen molar-refractivity contribution in [2.24, 2.45) is 12.8 Å². The van der Waals surface area contributed by atoms with Crippen LogP contribution in [0.15, 0.2) is 83.3 Å². The van der Waals surface area contributed by atoms with Gasteiger partial charge in [-0.25, -0.2) is 0 Å². The number of para-hydroxylation sites is 2. The summed E-state index contributed by atoms with van der Waals surface area (Å²) in [7, 11) is 2.01. The smallest absolute Gasteiger partial charge is 0.261 e. The van der Waals surface area contributed by atoms with Crippen molar-refractivity contribution in [3.63, 3.8) is 0 Å². The van der Waals surface area contributed by atoms with Crippen molar-refractivity contribution in [3.8, 4) is 0 Å². The number of ketones is 1. The fraction of sp³-hybridized carbons (Fsp3) is 0.179. The van der Waals surface area contributed by atoms with Crippen LogP contribution in [0.5, 0.6) is 0 Å². The highest BCUT2D eigenvalue weighted by molar-refractivity contribution is 6.11. The Hall–Kier alpha value is -4.23. The molecule has 0 radical (unpaired) electrons. The second-order valence-electron chi connectivity index (χ2n) is 8.63. The topological polar surface area (TPSA) is 101 Å². The van der Waals surface area contributed by atoms with Gasteiger partial charge in [0, 0.05) is 6.07 Å². The maximum absolute atomic E-state index is 12.7. The Balaban J connectivity index is 1.33. The molecule has 7 nitrogen and oxygen atoms in total. The van der Waals surface area contributed by atoms with E-state index in [1.807, 2.05) is 85.9 Å². The van der Waals surface area contributed by atoms with Gasteiger partial charge in [-0.1, -0.05) is 54.6 Å². The van der Waals surface area contributed by atoms with Gasteiger partial charge in [0.25, 0.3) is 5.52 Å². The van der Waals surface area contributed by atoms with Gasteiger partial charge in [0.05, 0.1) is 35.6 Å². The number of hydrogen-bond acceptors (Lipinski definition) is 5. The summed E-state index contributed by atoms with van der Waals surface area (Å²) in [6.45, 7) is -0.0613. The molecule has 3 aromatic carbocycles. The van der Waals surface area contributed by atoms with Gasteiger partial charge in [0.2, 0.25) is 17.0 Å². The largest absolute Gasteiger partial charge is 0.447 e. The predicted octanol–water partition coefficient (Wildman–Crippen LogP) is 3.23. The number of carbonyl (C=O) groups excluding carboxylic acids is 2. The van der Waals surface area contributed by atoms with Crippen LogP contribution in [0.4, 0.5) is 5.69 Å². The number of nitrogens with one attached hydrogen (secondary N) is 2. The van der Waals surface area contributed by atoms with Crippen LogP contribution < -0.4 is 20.9 Å². The number of anilines is 1. The first-order valence-corrected chi connectivity index (χ1v) is 11.6. The zero-order chi connectivity index (χ0) is 24.4. The quantitative estimate of drug-likeness (QED) is 0.304. The molecule has 0 aliphatic heterocycles. The third kappa shape index (κ3) is 4.46. The Bertz CT molecular complexity index is 1540. The Morgan fingerprint density at radius 1 is 0.914 bits per heavy atom. The van der Waals surface area contributed by atoms with Gasteiger partial charge in [0.15, 0.2) is 5.78 Å². The molecular weight excluding hydrogens is 440 g/mol. The van der Waals surface area contributed by atoms with Crippen LogP contribution in [0.3, 0.4) is 0 Å². The minimum Gasteiger partial charge on any atom is -0.447 e. The van der Waals surface area contributed by atoms with Crippen molar-refractivity contribution in [2.45, 2.75) is 12.5 Å². The highest BCUT2D eigenvalue weighted by atomic mass is 16.3. The highest BCUT2D eigenvalue weighted by Gasteiger charge is 2.24. The first-order chi connectivity index (χ1) is 17.0. The van der Waals surface area contributed by atoms with Gasteiger partial charge < -0.3 is 20.8 Å². The highest BCUT2D eigenvalue weighted by Crippen LogP contribution is 2.35. The molecule has 2 heterocycles. The number of fused-ring (bicyclic) bond motifs is 4. The van der Waals surface area contributed by atoms with E-state index in [0.29, 0.717) is 12.0 Å². The van der Waals surface area contributed by atoms with E-state index in [4.69, 9.17) is 10.2 Å². The minimum atomic E-state index is -0.716. The van der Waals surface area contributed by atoms with Crippen molar-refractivity contribution >= 4 is 50.3 Å². The number of amides is 1. The average molecular weight is 468 g/mol. The molecule has 5 aromatic rings. The summed E-state index contributed by atoms with van der Waals surface area (Å²) in [6, 6.07) is 24.7. The zero-order valence-electron chi connectivity index (χ0n) is 19.5. The Kier molecular flexibility index (Phi) is 6.16. The van der Waals surface area contributed by atoms with E-state index < -0.39 is 6.04 Å². The van der Waals surface area contributed by atoms with Crippen LogP contribution in [0.1, 0.15) is 5.56 Å². The molecule has 0 aliphatic rings. The number of Topliss-reactive ketones (excluding diaryl/α,β-unsaturated/α-hetero) is 1. The van der Waals surface area contributed by atoms with Crippen LogP contribution in [0.25, 0.3) is 33.0 Å². The molecule has 0 bridgehead atoms. The predicted molar refractivity (Wildman–Crippen MR) is 137 cm³/mol. The van der Waals surface area contributed by atoms with Gasteiger partial charge in [-0.2, -0.15) is 4.57 Å². The third-order valence-electron chi connectivity index (χ3n) is 6.22. The lowest BCUT2D eigenvalue weighted by Crippen LogP contribution is -2.44. The van der Waals surface area contributed by atoms with E-state index in [0.717, 1.165) is 38.6 Å². The second kappa shape index (κ2) is 9.56. The molecule has 1 atom stereocenters. The third-order valence-corrected chi connectivity index (χ3v) is 6.22. The molecule has 2 aromatic heterocycles. The van der Waals surface area contributed by atoms with Crippen LogP contribution in [-0.4, -0.2) is 30.8 Å². The molecule has 176 valence electrons. The van der Waals surface area contributed by atoms with Crippen molar-refractivity contribution in [1.29, 1.82) is 0 Å². The lowest BCUT2D eigenvalue weighted by Gasteiger charge is -2.13. The average Bonchev–Trinajstić information content (AvgIpc) is 3.27.